The van der Waals surface area contributed by atoms with E-state index < -0.39 is 4.92 Å². The molecular formula is C16H15N3O4. The van der Waals surface area contributed by atoms with Crippen LogP contribution in [-0.2, 0) is 0 Å². The number of non-ortho nitro benzene ring substituents is 1. The summed E-state index contributed by atoms with van der Waals surface area (Å²) >= 11 is 0. The van der Waals surface area contributed by atoms with Crippen LogP contribution in [0.2, 0.25) is 0 Å². The number of fused-ring (bicyclic) bond motifs is 1. The van der Waals surface area contributed by atoms with E-state index in [1.807, 2.05) is 25.1 Å². The highest BCUT2D eigenvalue weighted by Gasteiger charge is 2.15. The number of aromatic amines is 1. The second-order valence-electron chi connectivity index (χ2n) is 5.02. The molecule has 3 rings (SSSR count). The Morgan fingerprint density at radius 3 is 2.74 bits per heavy atom. The molecule has 7 nitrogen and oxygen atoms in total. The van der Waals surface area contributed by atoms with Gasteiger partial charge in [-0.25, -0.2) is 4.98 Å². The van der Waals surface area contributed by atoms with Gasteiger partial charge in [0, 0.05) is 18.2 Å². The molecule has 1 aromatic heterocycles. The van der Waals surface area contributed by atoms with Crippen LogP contribution in [0, 0.1) is 10.1 Å². The second kappa shape index (κ2) is 5.96. The highest BCUT2D eigenvalue weighted by Crippen LogP contribution is 2.26. The fourth-order valence-electron chi connectivity index (χ4n) is 2.26. The van der Waals surface area contributed by atoms with Gasteiger partial charge in [-0.15, -0.1) is 0 Å². The van der Waals surface area contributed by atoms with Crippen molar-refractivity contribution in [1.29, 1.82) is 0 Å². The number of ether oxygens (including phenoxy) is 2. The average Bonchev–Trinajstić information content (AvgIpc) is 2.98. The molecule has 2 aromatic carbocycles. The Morgan fingerprint density at radius 1 is 1.22 bits per heavy atom. The number of nitro benzene ring substituents is 1. The van der Waals surface area contributed by atoms with E-state index in [0.29, 0.717) is 28.4 Å². The zero-order valence-electron chi connectivity index (χ0n) is 12.6. The van der Waals surface area contributed by atoms with Crippen molar-refractivity contribution in [2.24, 2.45) is 0 Å². The Morgan fingerprint density at radius 2 is 2.00 bits per heavy atom. The van der Waals surface area contributed by atoms with Gasteiger partial charge in [0.25, 0.3) is 5.69 Å². The van der Waals surface area contributed by atoms with E-state index in [1.54, 1.807) is 19.2 Å². The number of aromatic nitrogens is 2. The van der Waals surface area contributed by atoms with Gasteiger partial charge in [0.1, 0.15) is 17.3 Å². The molecular weight excluding hydrogens is 298 g/mol. The van der Waals surface area contributed by atoms with Crippen molar-refractivity contribution in [3.05, 3.63) is 58.4 Å². The molecule has 0 amide bonds. The molecule has 3 aromatic rings. The van der Waals surface area contributed by atoms with Crippen LogP contribution in [0.25, 0.3) is 11.0 Å². The van der Waals surface area contributed by atoms with Gasteiger partial charge in [0.15, 0.2) is 6.10 Å². The van der Waals surface area contributed by atoms with E-state index in [1.165, 1.54) is 12.1 Å². The number of hydrogen-bond acceptors (Lipinski definition) is 5. The summed E-state index contributed by atoms with van der Waals surface area (Å²) in [5.41, 5.74) is 1.29. The number of methoxy groups -OCH3 is 1. The van der Waals surface area contributed by atoms with Crippen LogP contribution in [0.4, 0.5) is 5.69 Å². The van der Waals surface area contributed by atoms with Crippen molar-refractivity contribution >= 4 is 16.7 Å². The monoisotopic (exact) mass is 313 g/mol. The highest BCUT2D eigenvalue weighted by atomic mass is 16.6. The molecule has 0 aliphatic heterocycles. The smallest absolute Gasteiger partial charge is 0.271 e. The van der Waals surface area contributed by atoms with E-state index in [4.69, 9.17) is 9.47 Å². The summed E-state index contributed by atoms with van der Waals surface area (Å²) in [6.45, 7) is 1.85. The predicted molar refractivity (Wildman–Crippen MR) is 84.8 cm³/mol. The molecule has 0 aliphatic carbocycles. The van der Waals surface area contributed by atoms with Gasteiger partial charge < -0.3 is 14.5 Å². The van der Waals surface area contributed by atoms with E-state index in [0.717, 1.165) is 0 Å². The van der Waals surface area contributed by atoms with Crippen molar-refractivity contribution < 1.29 is 14.4 Å². The molecule has 0 unspecified atom stereocenters. The van der Waals surface area contributed by atoms with Crippen molar-refractivity contribution in [2.75, 3.05) is 7.11 Å². The van der Waals surface area contributed by atoms with Gasteiger partial charge in [-0.3, -0.25) is 10.1 Å². The van der Waals surface area contributed by atoms with E-state index >= 15 is 0 Å². The minimum Gasteiger partial charge on any atom is -0.497 e. The average molecular weight is 313 g/mol. The minimum absolute atomic E-state index is 0.0223. The lowest BCUT2D eigenvalue weighted by molar-refractivity contribution is -0.384. The van der Waals surface area contributed by atoms with Gasteiger partial charge in [0.05, 0.1) is 23.1 Å². The molecule has 23 heavy (non-hydrogen) atoms. The van der Waals surface area contributed by atoms with E-state index in [2.05, 4.69) is 9.97 Å². The van der Waals surface area contributed by atoms with Crippen LogP contribution >= 0.6 is 0 Å². The number of nitro groups is 1. The number of H-pyrrole nitrogens is 1. The number of benzene rings is 2. The van der Waals surface area contributed by atoms with Crippen LogP contribution < -0.4 is 9.47 Å². The summed E-state index contributed by atoms with van der Waals surface area (Å²) < 4.78 is 11.0. The van der Waals surface area contributed by atoms with Crippen molar-refractivity contribution in [1.82, 2.24) is 9.97 Å². The molecule has 118 valence electrons. The first-order valence-electron chi connectivity index (χ1n) is 7.01. The fraction of sp³-hybridized carbons (Fsp3) is 0.188. The van der Waals surface area contributed by atoms with Crippen LogP contribution in [0.15, 0.2) is 42.5 Å². The standard InChI is InChI=1S/C16H15N3O4/c1-10(23-13-5-3-4-12(9-13)22-2)16-17-14-7-6-11(19(20)21)8-15(14)18-16/h3-10H,1-2H3,(H,17,18)/t10-/m1/s1. The molecule has 1 heterocycles. The first-order chi connectivity index (χ1) is 11.1. The van der Waals surface area contributed by atoms with E-state index in [-0.39, 0.29) is 11.8 Å². The molecule has 7 heteroatoms. The third-order valence-electron chi connectivity index (χ3n) is 3.43. The first kappa shape index (κ1) is 14.8. The Kier molecular flexibility index (Phi) is 3.84. The van der Waals surface area contributed by atoms with Crippen LogP contribution in [0.5, 0.6) is 11.5 Å². The number of nitrogens with one attached hydrogen (secondary N) is 1. The second-order valence-corrected chi connectivity index (χ2v) is 5.02. The molecule has 1 atom stereocenters. The van der Waals surface area contributed by atoms with Gasteiger partial charge in [0.2, 0.25) is 0 Å². The summed E-state index contributed by atoms with van der Waals surface area (Å²) in [6.07, 6.45) is -0.339. The zero-order chi connectivity index (χ0) is 16.4. The molecule has 0 radical (unpaired) electrons. The minimum atomic E-state index is -0.434. The summed E-state index contributed by atoms with van der Waals surface area (Å²) in [7, 11) is 1.59. The summed E-state index contributed by atoms with van der Waals surface area (Å²) in [5.74, 6) is 1.96. The molecule has 0 spiro atoms. The van der Waals surface area contributed by atoms with Crippen LogP contribution in [0.3, 0.4) is 0 Å². The van der Waals surface area contributed by atoms with E-state index in [9.17, 15) is 10.1 Å². The quantitative estimate of drug-likeness (QED) is 0.574. The highest BCUT2D eigenvalue weighted by molar-refractivity contribution is 5.77. The first-order valence-corrected chi connectivity index (χ1v) is 7.01. The SMILES string of the molecule is COc1cccc(O[C@H](C)c2nc3ccc([N+](=O)[O-])cc3[nH]2)c1. The lowest BCUT2D eigenvalue weighted by Crippen LogP contribution is -2.05. The number of imidazole rings is 1. The maximum absolute atomic E-state index is 10.8. The third-order valence-corrected chi connectivity index (χ3v) is 3.43. The third kappa shape index (κ3) is 3.08. The normalized spacial score (nSPS) is 12.1. The van der Waals surface area contributed by atoms with Crippen LogP contribution in [0.1, 0.15) is 18.9 Å². The topological polar surface area (TPSA) is 90.3 Å². The Bertz CT molecular complexity index is 859. The van der Waals surface area contributed by atoms with Crippen molar-refractivity contribution in [3.8, 4) is 11.5 Å². The predicted octanol–water partition coefficient (Wildman–Crippen LogP) is 3.62. The summed E-state index contributed by atoms with van der Waals surface area (Å²) in [4.78, 5) is 17.9. The van der Waals surface area contributed by atoms with Gasteiger partial charge in [-0.2, -0.15) is 0 Å². The maximum Gasteiger partial charge on any atom is 0.271 e. The lowest BCUT2D eigenvalue weighted by atomic mass is 10.3. The summed E-state index contributed by atoms with van der Waals surface area (Å²) in [6, 6.07) is 11.8. The molecule has 0 bridgehead atoms. The van der Waals surface area contributed by atoms with Gasteiger partial charge >= 0.3 is 0 Å². The molecule has 1 N–H and O–H groups in total. The van der Waals surface area contributed by atoms with Crippen molar-refractivity contribution in [2.45, 2.75) is 13.0 Å². The molecule has 0 saturated heterocycles. The summed E-state index contributed by atoms with van der Waals surface area (Å²) in [5, 5.41) is 10.8. The lowest BCUT2D eigenvalue weighted by Gasteiger charge is -2.13. The molecule has 0 aliphatic rings. The largest absolute Gasteiger partial charge is 0.497 e. The Hall–Kier alpha value is -3.09. The van der Waals surface area contributed by atoms with Crippen LogP contribution in [-0.4, -0.2) is 22.0 Å². The number of nitrogens with zero attached hydrogens (tertiary/aromatic N) is 2. The van der Waals surface area contributed by atoms with Gasteiger partial charge in [-0.05, 0) is 25.1 Å². The van der Waals surface area contributed by atoms with Gasteiger partial charge in [-0.1, -0.05) is 6.07 Å². The molecule has 0 saturated carbocycles. The van der Waals surface area contributed by atoms with Crippen molar-refractivity contribution in [3.63, 3.8) is 0 Å². The number of rotatable bonds is 5. The number of hydrogen-bond donors (Lipinski definition) is 1. The fourth-order valence-corrected chi connectivity index (χ4v) is 2.26. The molecule has 0 fully saturated rings. The Balaban J connectivity index is 1.85. The zero-order valence-corrected chi connectivity index (χ0v) is 12.6. The maximum atomic E-state index is 10.8. The Labute approximate surface area is 132 Å².